The zero-order chi connectivity index (χ0) is 20.4. The van der Waals surface area contributed by atoms with Gasteiger partial charge in [-0.15, -0.1) is 0 Å². The molecule has 1 aromatic carbocycles. The van der Waals surface area contributed by atoms with Gasteiger partial charge in [0.2, 0.25) is 0 Å². The molecule has 3 heterocycles. The van der Waals surface area contributed by atoms with Gasteiger partial charge in [0.15, 0.2) is 0 Å². The summed E-state index contributed by atoms with van der Waals surface area (Å²) < 4.78 is 5.41. The van der Waals surface area contributed by atoms with E-state index >= 15 is 0 Å². The second-order valence-electron chi connectivity index (χ2n) is 7.48. The molecule has 1 amide bonds. The molecule has 1 fully saturated rings. The second kappa shape index (κ2) is 8.26. The van der Waals surface area contributed by atoms with Gasteiger partial charge in [0.05, 0.1) is 26.0 Å². The van der Waals surface area contributed by atoms with Gasteiger partial charge in [0.1, 0.15) is 11.5 Å². The average Bonchev–Trinajstić information content (AvgIpc) is 3.02. The summed E-state index contributed by atoms with van der Waals surface area (Å²) in [4.78, 5) is 24.7. The van der Waals surface area contributed by atoms with Gasteiger partial charge in [-0.3, -0.25) is 15.1 Å². The van der Waals surface area contributed by atoms with Crippen molar-refractivity contribution in [3.63, 3.8) is 0 Å². The van der Waals surface area contributed by atoms with Crippen LogP contribution < -0.4 is 21.0 Å². The van der Waals surface area contributed by atoms with Crippen molar-refractivity contribution in [1.82, 2.24) is 4.98 Å². The number of carbonyl (C=O) groups excluding carboxylic acids is 1. The van der Waals surface area contributed by atoms with Crippen LogP contribution in [0.1, 0.15) is 35.8 Å². The number of benzene rings is 1. The first kappa shape index (κ1) is 19.5. The molecule has 0 bridgehead atoms. The monoisotopic (exact) mass is 397 g/mol. The van der Waals surface area contributed by atoms with E-state index < -0.39 is 0 Å². The third kappa shape index (κ3) is 4.13. The number of pyridine rings is 1. The van der Waals surface area contributed by atoms with Crippen LogP contribution in [0.3, 0.4) is 0 Å². The molecule has 8 heteroatoms. The van der Waals surface area contributed by atoms with E-state index in [0.29, 0.717) is 36.6 Å². The predicted molar refractivity (Wildman–Crippen MR) is 114 cm³/mol. The number of ether oxygens (including phenoxy) is 1. The SMILES string of the molecule is CONc1cc(C(=O)Nc2ccc3c(c2)C(C)C(C)N3)nc(N2CCOCC2)c1. The standard InChI is InChI=1S/C21H27N5O3/c1-13-14(2)22-18-5-4-15(10-17(13)18)23-21(27)19-11-16(25-28-3)12-20(24-19)26-6-8-29-9-7-26/h4-5,10-14,22H,6-9H2,1-3H3,(H,23,27)(H,24,25). The largest absolute Gasteiger partial charge is 0.382 e. The van der Waals surface area contributed by atoms with Gasteiger partial charge in [-0.1, -0.05) is 6.92 Å². The molecule has 0 spiro atoms. The Morgan fingerprint density at radius 3 is 2.76 bits per heavy atom. The second-order valence-corrected chi connectivity index (χ2v) is 7.48. The Balaban J connectivity index is 1.57. The molecular formula is C21H27N5O3. The summed E-state index contributed by atoms with van der Waals surface area (Å²) in [6.07, 6.45) is 0. The fourth-order valence-corrected chi connectivity index (χ4v) is 3.75. The summed E-state index contributed by atoms with van der Waals surface area (Å²) in [5.74, 6) is 0.856. The lowest BCUT2D eigenvalue weighted by Gasteiger charge is -2.28. The van der Waals surface area contributed by atoms with Crippen LogP contribution in [0.15, 0.2) is 30.3 Å². The molecule has 2 aliphatic rings. The van der Waals surface area contributed by atoms with Crippen molar-refractivity contribution in [2.24, 2.45) is 0 Å². The molecule has 4 rings (SSSR count). The predicted octanol–water partition coefficient (Wildman–Crippen LogP) is 3.06. The number of hydrogen-bond donors (Lipinski definition) is 3. The maximum Gasteiger partial charge on any atom is 0.274 e. The van der Waals surface area contributed by atoms with Crippen molar-refractivity contribution < 1.29 is 14.4 Å². The van der Waals surface area contributed by atoms with Crippen molar-refractivity contribution in [1.29, 1.82) is 0 Å². The third-order valence-corrected chi connectivity index (χ3v) is 5.53. The highest BCUT2D eigenvalue weighted by atomic mass is 16.6. The molecule has 2 aromatic rings. The minimum absolute atomic E-state index is 0.258. The molecule has 1 aromatic heterocycles. The molecule has 2 atom stereocenters. The van der Waals surface area contributed by atoms with Gasteiger partial charge >= 0.3 is 0 Å². The number of aromatic nitrogens is 1. The molecule has 8 nitrogen and oxygen atoms in total. The minimum atomic E-state index is -0.258. The maximum absolute atomic E-state index is 13.0. The highest BCUT2D eigenvalue weighted by Crippen LogP contribution is 2.37. The van der Waals surface area contributed by atoms with E-state index in [2.05, 4.69) is 39.8 Å². The molecule has 1 saturated heterocycles. The smallest absolute Gasteiger partial charge is 0.274 e. The summed E-state index contributed by atoms with van der Waals surface area (Å²) in [5.41, 5.74) is 6.91. The van der Waals surface area contributed by atoms with E-state index in [9.17, 15) is 4.79 Å². The zero-order valence-corrected chi connectivity index (χ0v) is 17.0. The lowest BCUT2D eigenvalue weighted by atomic mass is 9.98. The first-order valence-electron chi connectivity index (χ1n) is 9.91. The molecule has 29 heavy (non-hydrogen) atoms. The molecule has 0 saturated carbocycles. The highest BCUT2D eigenvalue weighted by molar-refractivity contribution is 6.04. The van der Waals surface area contributed by atoms with Gasteiger partial charge in [-0.25, -0.2) is 4.98 Å². The number of amides is 1. The lowest BCUT2D eigenvalue weighted by Crippen LogP contribution is -2.37. The Morgan fingerprint density at radius 1 is 1.21 bits per heavy atom. The summed E-state index contributed by atoms with van der Waals surface area (Å²) in [5, 5.41) is 6.44. The number of carbonyl (C=O) groups is 1. The van der Waals surface area contributed by atoms with Gasteiger partial charge in [0.25, 0.3) is 5.91 Å². The Morgan fingerprint density at radius 2 is 2.00 bits per heavy atom. The van der Waals surface area contributed by atoms with E-state index in [1.807, 2.05) is 24.3 Å². The fourth-order valence-electron chi connectivity index (χ4n) is 3.75. The maximum atomic E-state index is 13.0. The topological polar surface area (TPSA) is 87.8 Å². The summed E-state index contributed by atoms with van der Waals surface area (Å²) in [6.45, 7) is 7.10. The number of fused-ring (bicyclic) bond motifs is 1. The van der Waals surface area contributed by atoms with Crippen molar-refractivity contribution >= 4 is 28.8 Å². The zero-order valence-electron chi connectivity index (χ0n) is 17.0. The van der Waals surface area contributed by atoms with Crippen molar-refractivity contribution in [3.05, 3.63) is 41.6 Å². The quantitative estimate of drug-likeness (QED) is 0.668. The van der Waals surface area contributed by atoms with E-state index in [-0.39, 0.29) is 5.91 Å². The van der Waals surface area contributed by atoms with E-state index in [1.165, 1.54) is 12.7 Å². The van der Waals surface area contributed by atoms with Crippen LogP contribution in [-0.2, 0) is 9.57 Å². The van der Waals surface area contributed by atoms with Crippen LogP contribution in [0.2, 0.25) is 0 Å². The molecule has 2 unspecified atom stereocenters. The number of hydrogen-bond acceptors (Lipinski definition) is 7. The molecule has 3 N–H and O–H groups in total. The Labute approximate surface area is 170 Å². The van der Waals surface area contributed by atoms with Crippen LogP contribution in [0.25, 0.3) is 0 Å². The van der Waals surface area contributed by atoms with E-state index in [1.54, 1.807) is 6.07 Å². The van der Waals surface area contributed by atoms with E-state index in [0.717, 1.165) is 30.3 Å². The summed E-state index contributed by atoms with van der Waals surface area (Å²) >= 11 is 0. The van der Waals surface area contributed by atoms with Crippen LogP contribution in [0.5, 0.6) is 0 Å². The Kier molecular flexibility index (Phi) is 5.55. The molecular weight excluding hydrogens is 370 g/mol. The van der Waals surface area contributed by atoms with Crippen molar-refractivity contribution in [2.45, 2.75) is 25.8 Å². The van der Waals surface area contributed by atoms with Gasteiger partial charge < -0.3 is 20.3 Å². The minimum Gasteiger partial charge on any atom is -0.382 e. The average molecular weight is 397 g/mol. The van der Waals surface area contributed by atoms with Gasteiger partial charge in [0, 0.05) is 42.5 Å². The first-order chi connectivity index (χ1) is 14.0. The van der Waals surface area contributed by atoms with Crippen LogP contribution >= 0.6 is 0 Å². The number of nitrogens with zero attached hydrogens (tertiary/aromatic N) is 2. The third-order valence-electron chi connectivity index (χ3n) is 5.53. The number of rotatable bonds is 5. The molecule has 2 aliphatic heterocycles. The number of anilines is 4. The number of nitrogens with one attached hydrogen (secondary N) is 3. The molecule has 154 valence electrons. The van der Waals surface area contributed by atoms with Crippen molar-refractivity contribution in [3.8, 4) is 0 Å². The van der Waals surface area contributed by atoms with Crippen LogP contribution in [-0.4, -0.2) is 50.3 Å². The van der Waals surface area contributed by atoms with Gasteiger partial charge in [-0.2, -0.15) is 0 Å². The van der Waals surface area contributed by atoms with E-state index in [4.69, 9.17) is 9.57 Å². The Bertz CT molecular complexity index is 898. The lowest BCUT2D eigenvalue weighted by molar-refractivity contribution is 0.102. The molecule has 0 radical (unpaired) electrons. The van der Waals surface area contributed by atoms with Gasteiger partial charge in [-0.05, 0) is 36.8 Å². The molecule has 0 aliphatic carbocycles. The summed E-state index contributed by atoms with van der Waals surface area (Å²) in [6, 6.07) is 9.90. The van der Waals surface area contributed by atoms with Crippen LogP contribution in [0.4, 0.5) is 22.9 Å². The fraction of sp³-hybridized carbons (Fsp3) is 0.429. The van der Waals surface area contributed by atoms with Crippen molar-refractivity contribution in [2.75, 3.05) is 54.4 Å². The highest BCUT2D eigenvalue weighted by Gasteiger charge is 2.25. The Hall–Kier alpha value is -2.84. The number of morpholine rings is 1. The normalized spacial score (nSPS) is 20.7. The van der Waals surface area contributed by atoms with Crippen LogP contribution in [0, 0.1) is 0 Å². The summed E-state index contributed by atoms with van der Waals surface area (Å²) in [7, 11) is 1.54. The first-order valence-corrected chi connectivity index (χ1v) is 9.91.